The minimum Gasteiger partial charge on any atom is -0.465 e. The number of rotatable bonds is 5. The summed E-state index contributed by atoms with van der Waals surface area (Å²) >= 11 is 0. The number of benzene rings is 1. The first-order valence-electron chi connectivity index (χ1n) is 9.56. The second-order valence-corrected chi connectivity index (χ2v) is 7.32. The summed E-state index contributed by atoms with van der Waals surface area (Å²) in [5.41, 5.74) is -0.550. The lowest BCUT2D eigenvalue weighted by atomic mass is 9.55. The molecule has 0 N–H and O–H groups in total. The molecular formula is C22H26O5. The Bertz CT molecular complexity index is 761. The van der Waals surface area contributed by atoms with Crippen molar-refractivity contribution in [2.75, 3.05) is 13.2 Å². The van der Waals surface area contributed by atoms with E-state index in [1.165, 1.54) is 0 Å². The molecule has 0 aromatic heterocycles. The van der Waals surface area contributed by atoms with Crippen LogP contribution in [0.3, 0.4) is 0 Å². The zero-order valence-corrected chi connectivity index (χ0v) is 16.1. The van der Waals surface area contributed by atoms with Crippen molar-refractivity contribution in [3.05, 3.63) is 42.0 Å². The van der Waals surface area contributed by atoms with Gasteiger partial charge in [-0.2, -0.15) is 0 Å². The van der Waals surface area contributed by atoms with Crippen molar-refractivity contribution < 1.29 is 23.9 Å². The maximum absolute atomic E-state index is 13.0. The molecule has 0 radical (unpaired) electrons. The van der Waals surface area contributed by atoms with Crippen LogP contribution in [0, 0.1) is 16.7 Å². The third-order valence-corrected chi connectivity index (χ3v) is 6.08. The average molecular weight is 370 g/mol. The summed E-state index contributed by atoms with van der Waals surface area (Å²) in [7, 11) is 0. The first-order chi connectivity index (χ1) is 12.9. The van der Waals surface area contributed by atoms with Crippen LogP contribution >= 0.6 is 0 Å². The predicted molar refractivity (Wildman–Crippen MR) is 101 cm³/mol. The van der Waals surface area contributed by atoms with E-state index in [1.54, 1.807) is 13.8 Å². The fraction of sp³-hybridized carbons (Fsp3) is 0.500. The third kappa shape index (κ3) is 2.80. The van der Waals surface area contributed by atoms with Crippen molar-refractivity contribution in [2.45, 2.75) is 40.0 Å². The lowest BCUT2D eigenvalue weighted by Gasteiger charge is -2.46. The van der Waals surface area contributed by atoms with E-state index < -0.39 is 28.7 Å². The smallest absolute Gasteiger partial charge is 0.324 e. The largest absolute Gasteiger partial charge is 0.465 e. The minimum atomic E-state index is -1.47. The number of hydrogen-bond donors (Lipinski definition) is 0. The second-order valence-electron chi connectivity index (χ2n) is 7.32. The first kappa shape index (κ1) is 19.3. The number of carbonyl (C=O) groups excluding carboxylic acids is 3. The molecule has 0 spiro atoms. The zero-order valence-electron chi connectivity index (χ0n) is 16.1. The lowest BCUT2D eigenvalue weighted by molar-refractivity contribution is -0.179. The van der Waals surface area contributed by atoms with Crippen LogP contribution in [0.2, 0.25) is 0 Å². The first-order valence-corrected chi connectivity index (χ1v) is 9.56. The zero-order chi connectivity index (χ0) is 19.7. The minimum absolute atomic E-state index is 0.0558. The van der Waals surface area contributed by atoms with Crippen LogP contribution in [-0.4, -0.2) is 30.9 Å². The van der Waals surface area contributed by atoms with Gasteiger partial charge >= 0.3 is 11.9 Å². The highest BCUT2D eigenvalue weighted by Gasteiger charge is 2.66. The molecule has 0 aliphatic heterocycles. The average Bonchev–Trinajstić information content (AvgIpc) is 2.98. The van der Waals surface area contributed by atoms with Crippen molar-refractivity contribution in [1.29, 1.82) is 0 Å². The van der Waals surface area contributed by atoms with Gasteiger partial charge in [-0.1, -0.05) is 36.4 Å². The molecule has 5 heteroatoms. The van der Waals surface area contributed by atoms with E-state index in [1.807, 2.05) is 43.3 Å². The fourth-order valence-electron chi connectivity index (χ4n) is 4.80. The summed E-state index contributed by atoms with van der Waals surface area (Å²) in [4.78, 5) is 39.0. The number of esters is 2. The van der Waals surface area contributed by atoms with E-state index in [2.05, 4.69) is 0 Å². The number of carbonyl (C=O) groups is 3. The van der Waals surface area contributed by atoms with Gasteiger partial charge in [0.05, 0.1) is 18.6 Å². The Morgan fingerprint density at radius 3 is 2.22 bits per heavy atom. The summed E-state index contributed by atoms with van der Waals surface area (Å²) in [5.74, 6) is -1.59. The van der Waals surface area contributed by atoms with Gasteiger partial charge in [0.2, 0.25) is 0 Å². The highest BCUT2D eigenvalue weighted by atomic mass is 16.6. The summed E-state index contributed by atoms with van der Waals surface area (Å²) in [6.45, 7) is 5.63. The molecule has 1 aromatic rings. The van der Waals surface area contributed by atoms with Crippen LogP contribution < -0.4 is 0 Å². The van der Waals surface area contributed by atoms with E-state index in [9.17, 15) is 14.4 Å². The van der Waals surface area contributed by atoms with E-state index >= 15 is 0 Å². The van der Waals surface area contributed by atoms with Gasteiger partial charge in [0.1, 0.15) is 5.78 Å². The summed E-state index contributed by atoms with van der Waals surface area (Å²) < 4.78 is 10.6. The van der Waals surface area contributed by atoms with Crippen LogP contribution in [-0.2, 0) is 23.9 Å². The molecule has 1 fully saturated rings. The van der Waals surface area contributed by atoms with Crippen LogP contribution in [0.1, 0.15) is 45.6 Å². The van der Waals surface area contributed by atoms with Crippen molar-refractivity contribution in [3.8, 4) is 0 Å². The fourth-order valence-corrected chi connectivity index (χ4v) is 4.80. The Morgan fingerprint density at radius 2 is 1.67 bits per heavy atom. The lowest BCUT2D eigenvalue weighted by Crippen LogP contribution is -2.54. The molecule has 0 unspecified atom stereocenters. The quantitative estimate of drug-likeness (QED) is 0.585. The second kappa shape index (κ2) is 7.29. The van der Waals surface area contributed by atoms with Gasteiger partial charge in [-0.05, 0) is 44.7 Å². The SMILES string of the molecule is CCOC(=O)C1(C(=O)OCC)CC=C(c2ccccc2)[C@@]2(C)C(=O)CC[C@@H]12. The highest BCUT2D eigenvalue weighted by Crippen LogP contribution is 2.61. The maximum Gasteiger partial charge on any atom is 0.324 e. The van der Waals surface area contributed by atoms with Crippen molar-refractivity contribution in [3.63, 3.8) is 0 Å². The van der Waals surface area contributed by atoms with Gasteiger partial charge in [-0.15, -0.1) is 0 Å². The number of fused-ring (bicyclic) bond motifs is 1. The Labute approximate surface area is 159 Å². The molecule has 2 aliphatic carbocycles. The van der Waals surface area contributed by atoms with Crippen molar-refractivity contribution in [1.82, 2.24) is 0 Å². The summed E-state index contributed by atoms with van der Waals surface area (Å²) in [5, 5.41) is 0. The van der Waals surface area contributed by atoms with Crippen LogP contribution in [0.5, 0.6) is 0 Å². The third-order valence-electron chi connectivity index (χ3n) is 6.08. The van der Waals surface area contributed by atoms with E-state index in [4.69, 9.17) is 9.47 Å². The van der Waals surface area contributed by atoms with Crippen LogP contribution in [0.15, 0.2) is 36.4 Å². The van der Waals surface area contributed by atoms with Gasteiger partial charge in [-0.3, -0.25) is 14.4 Å². The van der Waals surface area contributed by atoms with E-state index in [0.29, 0.717) is 12.8 Å². The number of ketones is 1. The number of Topliss-reactive ketones (excluding diaryl/α,β-unsaturated/α-hetero) is 1. The molecule has 27 heavy (non-hydrogen) atoms. The van der Waals surface area contributed by atoms with Gasteiger partial charge in [0.25, 0.3) is 0 Å². The Balaban J connectivity index is 2.18. The molecule has 5 nitrogen and oxygen atoms in total. The molecule has 2 atom stereocenters. The molecule has 3 rings (SSSR count). The molecule has 2 aliphatic rings. The van der Waals surface area contributed by atoms with Gasteiger partial charge in [0.15, 0.2) is 5.41 Å². The Morgan fingerprint density at radius 1 is 1.07 bits per heavy atom. The molecule has 0 amide bonds. The number of allylic oxidation sites excluding steroid dienone is 2. The normalized spacial score (nSPS) is 26.1. The topological polar surface area (TPSA) is 69.7 Å². The van der Waals surface area contributed by atoms with Gasteiger partial charge in [-0.25, -0.2) is 0 Å². The van der Waals surface area contributed by atoms with Crippen LogP contribution in [0.4, 0.5) is 0 Å². The van der Waals surface area contributed by atoms with Gasteiger partial charge in [0, 0.05) is 12.3 Å². The maximum atomic E-state index is 13.0. The summed E-state index contributed by atoms with van der Waals surface area (Å²) in [6, 6.07) is 9.69. The highest BCUT2D eigenvalue weighted by molar-refractivity contribution is 6.07. The Kier molecular flexibility index (Phi) is 5.22. The predicted octanol–water partition coefficient (Wildman–Crippen LogP) is 3.57. The van der Waals surface area contributed by atoms with E-state index in [0.717, 1.165) is 11.1 Å². The molecule has 0 bridgehead atoms. The van der Waals surface area contributed by atoms with Gasteiger partial charge < -0.3 is 9.47 Å². The molecule has 1 saturated carbocycles. The molecule has 0 saturated heterocycles. The van der Waals surface area contributed by atoms with E-state index in [-0.39, 0.29) is 25.4 Å². The summed E-state index contributed by atoms with van der Waals surface area (Å²) in [6.07, 6.45) is 2.86. The standard InChI is InChI=1S/C22H26O5/c1-4-26-19(24)22(20(25)27-5-2)14-13-16(15-9-7-6-8-10-15)21(3)17(22)11-12-18(21)23/h6-10,13,17H,4-5,11-12,14H2,1-3H3/t17-,21-/m1/s1. The Hall–Kier alpha value is -2.43. The monoisotopic (exact) mass is 370 g/mol. The number of hydrogen-bond acceptors (Lipinski definition) is 5. The van der Waals surface area contributed by atoms with Crippen molar-refractivity contribution in [2.24, 2.45) is 16.7 Å². The van der Waals surface area contributed by atoms with Crippen LogP contribution in [0.25, 0.3) is 5.57 Å². The van der Waals surface area contributed by atoms with Crippen molar-refractivity contribution >= 4 is 23.3 Å². The molecule has 144 valence electrons. The molecular weight excluding hydrogens is 344 g/mol. The number of ether oxygens (including phenoxy) is 2. The molecule has 0 heterocycles. The molecule has 1 aromatic carbocycles.